The molecule has 0 aromatic carbocycles. The second-order valence-corrected chi connectivity index (χ2v) is 4.49. The minimum absolute atomic E-state index is 0.0578. The lowest BCUT2D eigenvalue weighted by molar-refractivity contribution is -0.137. The number of aryl methyl sites for hydroxylation is 1. The molecular weight excluding hydrogens is 186 g/mol. The Morgan fingerprint density at radius 2 is 2.46 bits per heavy atom. The van der Waals surface area contributed by atoms with Crippen LogP contribution in [0.3, 0.4) is 0 Å². The van der Waals surface area contributed by atoms with Crippen LogP contribution < -0.4 is 0 Å². The van der Waals surface area contributed by atoms with Crippen LogP contribution in [-0.2, 0) is 10.2 Å². The fourth-order valence-electron chi connectivity index (χ4n) is 1.56. The van der Waals surface area contributed by atoms with Crippen molar-refractivity contribution in [3.63, 3.8) is 0 Å². The fourth-order valence-corrected chi connectivity index (χ4v) is 2.55. The van der Waals surface area contributed by atoms with Gasteiger partial charge in [0.2, 0.25) is 0 Å². The Bertz CT molecular complexity index is 341. The van der Waals surface area contributed by atoms with Gasteiger partial charge in [0.25, 0.3) is 0 Å². The molecule has 1 aromatic rings. The van der Waals surface area contributed by atoms with Gasteiger partial charge in [0.15, 0.2) is 0 Å². The molecule has 1 N–H and O–H groups in total. The van der Waals surface area contributed by atoms with Crippen LogP contribution in [0.1, 0.15) is 29.8 Å². The quantitative estimate of drug-likeness (QED) is 0.805. The summed E-state index contributed by atoms with van der Waals surface area (Å²) in [5.74, 6) is -0.705. The van der Waals surface area contributed by atoms with E-state index in [1.807, 2.05) is 13.0 Å². The molecule has 0 unspecified atom stereocenters. The van der Waals surface area contributed by atoms with Crippen molar-refractivity contribution in [2.24, 2.45) is 0 Å². The van der Waals surface area contributed by atoms with E-state index >= 15 is 0 Å². The molecule has 0 aliphatic heterocycles. The molecule has 0 radical (unpaired) electrons. The van der Waals surface area contributed by atoms with E-state index in [4.69, 9.17) is 5.11 Å². The monoisotopic (exact) mass is 197 g/mol. The van der Waals surface area contributed by atoms with Gasteiger partial charge >= 0.3 is 5.97 Å². The summed E-state index contributed by atoms with van der Waals surface area (Å²) in [6, 6.07) is 2.01. The predicted molar refractivity (Wildman–Crippen MR) is 50.0 cm³/mol. The minimum Gasteiger partial charge on any atom is -0.481 e. The Morgan fingerprint density at radius 1 is 1.77 bits per heavy atom. The highest BCUT2D eigenvalue weighted by atomic mass is 32.1. The first-order valence-corrected chi connectivity index (χ1v) is 5.05. The van der Waals surface area contributed by atoms with Gasteiger partial charge in [0.1, 0.15) is 0 Å². The van der Waals surface area contributed by atoms with Crippen LogP contribution >= 0.6 is 11.5 Å². The highest BCUT2D eigenvalue weighted by Crippen LogP contribution is 2.52. The van der Waals surface area contributed by atoms with Crippen LogP contribution in [0, 0.1) is 6.92 Å². The average molecular weight is 197 g/mol. The summed E-state index contributed by atoms with van der Waals surface area (Å²) in [5.41, 5.74) is 0.939. The highest BCUT2D eigenvalue weighted by molar-refractivity contribution is 7.06. The van der Waals surface area contributed by atoms with E-state index in [1.165, 1.54) is 11.5 Å². The Labute approximate surface area is 80.6 Å². The molecule has 0 amide bonds. The van der Waals surface area contributed by atoms with Crippen LogP contribution in [0.15, 0.2) is 6.07 Å². The number of carboxylic acids is 1. The van der Waals surface area contributed by atoms with Crippen molar-refractivity contribution in [2.45, 2.75) is 31.6 Å². The molecule has 0 bridgehead atoms. The molecule has 1 aromatic heterocycles. The highest BCUT2D eigenvalue weighted by Gasteiger charge is 2.47. The molecule has 1 aliphatic rings. The van der Waals surface area contributed by atoms with Crippen LogP contribution in [0.25, 0.3) is 0 Å². The number of carboxylic acid groups (broad SMARTS) is 1. The van der Waals surface area contributed by atoms with Gasteiger partial charge in [-0.25, -0.2) is 0 Å². The smallest absolute Gasteiger partial charge is 0.304 e. The molecule has 1 fully saturated rings. The van der Waals surface area contributed by atoms with E-state index in [0.29, 0.717) is 0 Å². The molecule has 0 spiro atoms. The predicted octanol–water partition coefficient (Wildman–Crippen LogP) is 1.96. The van der Waals surface area contributed by atoms with Gasteiger partial charge in [-0.3, -0.25) is 4.79 Å². The molecule has 0 atom stereocenters. The number of hydrogen-bond donors (Lipinski definition) is 1. The zero-order valence-corrected chi connectivity index (χ0v) is 8.23. The standard InChI is InChI=1S/C9H11NO2S/c1-6-4-7(13-10-6)9(2-3-9)5-8(11)12/h4H,2-3,5H2,1H3,(H,11,12). The molecular formula is C9H11NO2S. The van der Waals surface area contributed by atoms with Gasteiger partial charge in [0.05, 0.1) is 12.1 Å². The van der Waals surface area contributed by atoms with Crippen LogP contribution in [0.5, 0.6) is 0 Å². The lowest BCUT2D eigenvalue weighted by atomic mass is 10.0. The third-order valence-electron chi connectivity index (χ3n) is 2.49. The number of aromatic nitrogens is 1. The third-order valence-corrected chi connectivity index (χ3v) is 3.62. The zero-order valence-electron chi connectivity index (χ0n) is 7.41. The molecule has 13 heavy (non-hydrogen) atoms. The summed E-state index contributed by atoms with van der Waals surface area (Å²) in [5, 5.41) is 8.74. The topological polar surface area (TPSA) is 50.2 Å². The van der Waals surface area contributed by atoms with Crippen molar-refractivity contribution in [3.05, 3.63) is 16.6 Å². The van der Waals surface area contributed by atoms with Gasteiger partial charge in [-0.05, 0) is 37.4 Å². The van der Waals surface area contributed by atoms with E-state index in [-0.39, 0.29) is 11.8 Å². The first kappa shape index (κ1) is 8.69. The molecule has 1 heterocycles. The Kier molecular flexibility index (Phi) is 1.87. The molecule has 1 saturated carbocycles. The second kappa shape index (κ2) is 2.80. The van der Waals surface area contributed by atoms with Gasteiger partial charge in [-0.1, -0.05) is 0 Å². The SMILES string of the molecule is Cc1cc(C2(CC(=O)O)CC2)sn1. The van der Waals surface area contributed by atoms with Gasteiger partial charge in [-0.2, -0.15) is 4.37 Å². The molecule has 4 heteroatoms. The Hall–Kier alpha value is -0.900. The molecule has 0 saturated heterocycles. The van der Waals surface area contributed by atoms with E-state index < -0.39 is 5.97 Å². The molecule has 1 aliphatic carbocycles. The summed E-state index contributed by atoms with van der Waals surface area (Å²) in [6.45, 7) is 1.94. The van der Waals surface area contributed by atoms with E-state index in [1.54, 1.807) is 0 Å². The number of hydrogen-bond acceptors (Lipinski definition) is 3. The normalized spacial score (nSPS) is 18.5. The largest absolute Gasteiger partial charge is 0.481 e. The maximum Gasteiger partial charge on any atom is 0.304 e. The summed E-state index contributed by atoms with van der Waals surface area (Å²) >= 11 is 1.45. The van der Waals surface area contributed by atoms with Crippen molar-refractivity contribution in [2.75, 3.05) is 0 Å². The summed E-state index contributed by atoms with van der Waals surface area (Å²) in [4.78, 5) is 11.8. The van der Waals surface area contributed by atoms with Crippen LogP contribution in [0.4, 0.5) is 0 Å². The maximum absolute atomic E-state index is 10.6. The van der Waals surface area contributed by atoms with Crippen LogP contribution in [-0.4, -0.2) is 15.4 Å². The number of aliphatic carboxylic acids is 1. The second-order valence-electron chi connectivity index (χ2n) is 3.68. The van der Waals surface area contributed by atoms with E-state index in [0.717, 1.165) is 23.4 Å². The number of nitrogens with zero attached hydrogens (tertiary/aromatic N) is 1. The molecule has 3 nitrogen and oxygen atoms in total. The van der Waals surface area contributed by atoms with Crippen LogP contribution in [0.2, 0.25) is 0 Å². The molecule has 2 rings (SSSR count). The first-order chi connectivity index (χ1) is 6.12. The fraction of sp³-hybridized carbons (Fsp3) is 0.556. The Balaban J connectivity index is 2.20. The Morgan fingerprint density at radius 3 is 2.85 bits per heavy atom. The lowest BCUT2D eigenvalue weighted by Crippen LogP contribution is -2.11. The van der Waals surface area contributed by atoms with Gasteiger partial charge in [0, 0.05) is 10.3 Å². The zero-order chi connectivity index (χ0) is 9.47. The van der Waals surface area contributed by atoms with Crippen molar-refractivity contribution in [1.29, 1.82) is 0 Å². The summed E-state index contributed by atoms with van der Waals surface area (Å²) < 4.78 is 4.18. The first-order valence-electron chi connectivity index (χ1n) is 4.28. The van der Waals surface area contributed by atoms with Gasteiger partial charge in [-0.15, -0.1) is 0 Å². The minimum atomic E-state index is -0.705. The van der Waals surface area contributed by atoms with Gasteiger partial charge < -0.3 is 5.11 Å². The average Bonchev–Trinajstić information content (AvgIpc) is 2.65. The molecule has 70 valence electrons. The van der Waals surface area contributed by atoms with Crippen molar-refractivity contribution in [1.82, 2.24) is 4.37 Å². The summed E-state index contributed by atoms with van der Waals surface area (Å²) in [6.07, 6.45) is 2.26. The van der Waals surface area contributed by atoms with Crippen molar-refractivity contribution < 1.29 is 9.90 Å². The third kappa shape index (κ3) is 1.58. The summed E-state index contributed by atoms with van der Waals surface area (Å²) in [7, 11) is 0. The van der Waals surface area contributed by atoms with E-state index in [2.05, 4.69) is 4.37 Å². The number of rotatable bonds is 3. The van der Waals surface area contributed by atoms with E-state index in [9.17, 15) is 4.79 Å². The number of carbonyl (C=O) groups is 1. The lowest BCUT2D eigenvalue weighted by Gasteiger charge is -2.07. The maximum atomic E-state index is 10.6. The van der Waals surface area contributed by atoms with Crippen molar-refractivity contribution >= 4 is 17.5 Å². The van der Waals surface area contributed by atoms with Crippen molar-refractivity contribution in [3.8, 4) is 0 Å².